The Morgan fingerprint density at radius 1 is 1.25 bits per heavy atom. The van der Waals surface area contributed by atoms with Crippen molar-refractivity contribution in [2.24, 2.45) is 5.73 Å². The van der Waals surface area contributed by atoms with Gasteiger partial charge in [0.15, 0.2) is 0 Å². The van der Waals surface area contributed by atoms with E-state index in [0.29, 0.717) is 12.1 Å². The standard InChI is InChI=1S/C16H18N2O2/c1-11-9-13(19)7-8-14(11)16(20)18-15(10-17)12-5-3-2-4-6-12/h2-9,15,19H,10,17H2,1H3,(H,18,20). The summed E-state index contributed by atoms with van der Waals surface area (Å²) in [5.41, 5.74) is 7.98. The van der Waals surface area contributed by atoms with E-state index >= 15 is 0 Å². The van der Waals surface area contributed by atoms with Crippen molar-refractivity contribution in [1.29, 1.82) is 0 Å². The summed E-state index contributed by atoms with van der Waals surface area (Å²) in [5, 5.41) is 12.3. The molecule has 0 aliphatic heterocycles. The number of nitrogens with two attached hydrogens (primary N) is 1. The first-order valence-electron chi connectivity index (χ1n) is 6.47. The van der Waals surface area contributed by atoms with Crippen LogP contribution in [0.25, 0.3) is 0 Å². The summed E-state index contributed by atoms with van der Waals surface area (Å²) in [4.78, 5) is 12.3. The van der Waals surface area contributed by atoms with Gasteiger partial charge in [0.05, 0.1) is 6.04 Å². The molecule has 2 aromatic rings. The Kier molecular flexibility index (Phi) is 4.38. The Bertz CT molecular complexity index is 597. The average molecular weight is 270 g/mol. The van der Waals surface area contributed by atoms with Gasteiger partial charge in [0.2, 0.25) is 0 Å². The smallest absolute Gasteiger partial charge is 0.252 e. The number of benzene rings is 2. The molecule has 0 aliphatic carbocycles. The molecule has 20 heavy (non-hydrogen) atoms. The molecule has 4 heteroatoms. The fourth-order valence-electron chi connectivity index (χ4n) is 2.10. The molecule has 0 saturated carbocycles. The second-order valence-electron chi connectivity index (χ2n) is 4.67. The largest absolute Gasteiger partial charge is 0.508 e. The van der Waals surface area contributed by atoms with E-state index in [-0.39, 0.29) is 17.7 Å². The summed E-state index contributed by atoms with van der Waals surface area (Å²) >= 11 is 0. The zero-order valence-electron chi connectivity index (χ0n) is 11.3. The molecule has 0 aliphatic rings. The van der Waals surface area contributed by atoms with Crippen molar-refractivity contribution in [2.75, 3.05) is 6.54 Å². The number of carbonyl (C=O) groups excluding carboxylic acids is 1. The van der Waals surface area contributed by atoms with Gasteiger partial charge in [-0.15, -0.1) is 0 Å². The van der Waals surface area contributed by atoms with Crippen molar-refractivity contribution in [1.82, 2.24) is 5.32 Å². The third kappa shape index (κ3) is 3.16. The predicted molar refractivity (Wildman–Crippen MR) is 78.5 cm³/mol. The highest BCUT2D eigenvalue weighted by atomic mass is 16.3. The maximum Gasteiger partial charge on any atom is 0.252 e. The number of aryl methyl sites for hydroxylation is 1. The van der Waals surface area contributed by atoms with Gasteiger partial charge in [-0.1, -0.05) is 30.3 Å². The second-order valence-corrected chi connectivity index (χ2v) is 4.67. The van der Waals surface area contributed by atoms with Crippen LogP contribution >= 0.6 is 0 Å². The summed E-state index contributed by atoms with van der Waals surface area (Å²) in [6.45, 7) is 2.11. The van der Waals surface area contributed by atoms with Gasteiger partial charge in [0, 0.05) is 12.1 Å². The van der Waals surface area contributed by atoms with Gasteiger partial charge in [-0.05, 0) is 36.2 Å². The van der Waals surface area contributed by atoms with Crippen LogP contribution in [0.1, 0.15) is 27.5 Å². The summed E-state index contributed by atoms with van der Waals surface area (Å²) < 4.78 is 0. The molecule has 4 nitrogen and oxygen atoms in total. The maximum absolute atomic E-state index is 12.3. The maximum atomic E-state index is 12.3. The summed E-state index contributed by atoms with van der Waals surface area (Å²) in [7, 11) is 0. The van der Waals surface area contributed by atoms with Gasteiger partial charge in [0.25, 0.3) is 5.91 Å². The van der Waals surface area contributed by atoms with Crippen LogP contribution in [0.5, 0.6) is 5.75 Å². The number of rotatable bonds is 4. The number of amides is 1. The van der Waals surface area contributed by atoms with Gasteiger partial charge in [-0.3, -0.25) is 4.79 Å². The highest BCUT2D eigenvalue weighted by Gasteiger charge is 2.15. The molecule has 2 rings (SSSR count). The molecular weight excluding hydrogens is 252 g/mol. The molecule has 104 valence electrons. The minimum absolute atomic E-state index is 0.150. The van der Waals surface area contributed by atoms with E-state index in [0.717, 1.165) is 11.1 Å². The van der Waals surface area contributed by atoms with Gasteiger partial charge < -0.3 is 16.2 Å². The summed E-state index contributed by atoms with van der Waals surface area (Å²) in [6, 6.07) is 14.1. The minimum atomic E-state index is -0.225. The van der Waals surface area contributed by atoms with E-state index < -0.39 is 0 Å². The van der Waals surface area contributed by atoms with Crippen LogP contribution in [-0.4, -0.2) is 17.6 Å². The number of phenols is 1. The lowest BCUT2D eigenvalue weighted by Gasteiger charge is -2.18. The summed E-state index contributed by atoms with van der Waals surface area (Å²) in [6.07, 6.45) is 0. The van der Waals surface area contributed by atoms with Crippen LogP contribution in [0.3, 0.4) is 0 Å². The molecule has 0 saturated heterocycles. The van der Waals surface area contributed by atoms with Crippen molar-refractivity contribution in [3.8, 4) is 5.75 Å². The van der Waals surface area contributed by atoms with E-state index in [1.54, 1.807) is 19.1 Å². The van der Waals surface area contributed by atoms with E-state index in [1.807, 2.05) is 30.3 Å². The third-order valence-corrected chi connectivity index (χ3v) is 3.20. The third-order valence-electron chi connectivity index (χ3n) is 3.20. The van der Waals surface area contributed by atoms with E-state index in [9.17, 15) is 9.90 Å². The van der Waals surface area contributed by atoms with Gasteiger partial charge in [-0.2, -0.15) is 0 Å². The first-order chi connectivity index (χ1) is 9.61. The van der Waals surface area contributed by atoms with Crippen LogP contribution in [0.4, 0.5) is 0 Å². The quantitative estimate of drug-likeness (QED) is 0.796. The lowest BCUT2D eigenvalue weighted by atomic mass is 10.0. The van der Waals surface area contributed by atoms with Crippen molar-refractivity contribution < 1.29 is 9.90 Å². The number of aromatic hydroxyl groups is 1. The van der Waals surface area contributed by atoms with Crippen LogP contribution in [-0.2, 0) is 0 Å². The zero-order valence-corrected chi connectivity index (χ0v) is 11.3. The summed E-state index contributed by atoms with van der Waals surface area (Å²) in [5.74, 6) is -0.0423. The predicted octanol–water partition coefficient (Wildman–Crippen LogP) is 2.13. The molecule has 0 fully saturated rings. The molecular formula is C16H18N2O2. The minimum Gasteiger partial charge on any atom is -0.508 e. The number of nitrogens with one attached hydrogen (secondary N) is 1. The van der Waals surface area contributed by atoms with E-state index in [1.165, 1.54) is 6.07 Å². The fraction of sp³-hybridized carbons (Fsp3) is 0.188. The van der Waals surface area contributed by atoms with Crippen LogP contribution in [0.15, 0.2) is 48.5 Å². The monoisotopic (exact) mass is 270 g/mol. The molecule has 0 heterocycles. The highest BCUT2D eigenvalue weighted by Crippen LogP contribution is 2.17. The van der Waals surface area contributed by atoms with Crippen molar-refractivity contribution in [3.05, 3.63) is 65.2 Å². The van der Waals surface area contributed by atoms with Crippen LogP contribution in [0, 0.1) is 6.92 Å². The first-order valence-corrected chi connectivity index (χ1v) is 6.47. The van der Waals surface area contributed by atoms with E-state index in [4.69, 9.17) is 5.73 Å². The Morgan fingerprint density at radius 3 is 2.55 bits per heavy atom. The Labute approximate surface area is 118 Å². The first kappa shape index (κ1) is 14.1. The fourth-order valence-corrected chi connectivity index (χ4v) is 2.10. The Hall–Kier alpha value is -2.33. The SMILES string of the molecule is Cc1cc(O)ccc1C(=O)NC(CN)c1ccccc1. The van der Waals surface area contributed by atoms with E-state index in [2.05, 4.69) is 5.32 Å². The van der Waals surface area contributed by atoms with Crippen molar-refractivity contribution in [3.63, 3.8) is 0 Å². The van der Waals surface area contributed by atoms with Gasteiger partial charge in [0.1, 0.15) is 5.75 Å². The number of hydrogen-bond acceptors (Lipinski definition) is 3. The van der Waals surface area contributed by atoms with Crippen LogP contribution < -0.4 is 11.1 Å². The topological polar surface area (TPSA) is 75.3 Å². The zero-order chi connectivity index (χ0) is 14.5. The number of hydrogen-bond donors (Lipinski definition) is 3. The molecule has 0 radical (unpaired) electrons. The molecule has 0 aromatic heterocycles. The molecule has 0 spiro atoms. The second kappa shape index (κ2) is 6.21. The van der Waals surface area contributed by atoms with Crippen molar-refractivity contribution >= 4 is 5.91 Å². The number of carbonyl (C=O) groups is 1. The van der Waals surface area contributed by atoms with Crippen molar-refractivity contribution in [2.45, 2.75) is 13.0 Å². The molecule has 1 amide bonds. The van der Waals surface area contributed by atoms with Crippen LogP contribution in [0.2, 0.25) is 0 Å². The highest BCUT2D eigenvalue weighted by molar-refractivity contribution is 5.96. The van der Waals surface area contributed by atoms with Gasteiger partial charge >= 0.3 is 0 Å². The molecule has 4 N–H and O–H groups in total. The Morgan fingerprint density at radius 2 is 1.95 bits per heavy atom. The number of phenolic OH excluding ortho intramolecular Hbond substituents is 1. The molecule has 2 aromatic carbocycles. The normalized spacial score (nSPS) is 11.9. The molecule has 1 atom stereocenters. The lowest BCUT2D eigenvalue weighted by molar-refractivity contribution is 0.0937. The van der Waals surface area contributed by atoms with Gasteiger partial charge in [-0.25, -0.2) is 0 Å². The molecule has 0 bridgehead atoms. The Balaban J connectivity index is 2.17. The lowest BCUT2D eigenvalue weighted by Crippen LogP contribution is -2.33. The average Bonchev–Trinajstić information content (AvgIpc) is 2.45. The molecule has 1 unspecified atom stereocenters.